The van der Waals surface area contributed by atoms with Crippen molar-refractivity contribution in [1.82, 2.24) is 0 Å². The molecule has 15 heavy (non-hydrogen) atoms. The molecule has 1 saturated heterocycles. The highest BCUT2D eigenvalue weighted by atomic mass is 19.3. The Morgan fingerprint density at radius 3 is 2.47 bits per heavy atom. The van der Waals surface area contributed by atoms with Crippen LogP contribution >= 0.6 is 0 Å². The highest BCUT2D eigenvalue weighted by molar-refractivity contribution is 5.19. The number of alkyl halides is 2. The van der Waals surface area contributed by atoms with Gasteiger partial charge < -0.3 is 9.47 Å². The first kappa shape index (κ1) is 8.88. The molecule has 4 rings (SSSR count). The van der Waals surface area contributed by atoms with Gasteiger partial charge in [-0.3, -0.25) is 0 Å². The van der Waals surface area contributed by atoms with Crippen LogP contribution in [-0.2, 0) is 9.47 Å². The Morgan fingerprint density at radius 1 is 1.00 bits per heavy atom. The molecule has 4 heteroatoms. The minimum absolute atomic E-state index is 0.0347. The van der Waals surface area contributed by atoms with Gasteiger partial charge in [-0.1, -0.05) is 0 Å². The van der Waals surface area contributed by atoms with Gasteiger partial charge in [0.05, 0.1) is 13.2 Å². The van der Waals surface area contributed by atoms with Crippen LogP contribution in [0.4, 0.5) is 8.78 Å². The summed E-state index contributed by atoms with van der Waals surface area (Å²) in [6.07, 6.45) is 2.12. The third kappa shape index (κ3) is 0.772. The van der Waals surface area contributed by atoms with Crippen LogP contribution < -0.4 is 0 Å². The largest absolute Gasteiger partial charge is 0.347 e. The number of rotatable bonds is 0. The van der Waals surface area contributed by atoms with Gasteiger partial charge in [0, 0.05) is 23.7 Å². The van der Waals surface area contributed by atoms with Crippen molar-refractivity contribution < 1.29 is 18.3 Å². The summed E-state index contributed by atoms with van der Waals surface area (Å²) in [5, 5.41) is 0. The lowest BCUT2D eigenvalue weighted by atomic mass is 9.57. The number of hydrogen-bond donors (Lipinski definition) is 0. The molecule has 4 fully saturated rings. The van der Waals surface area contributed by atoms with E-state index in [9.17, 15) is 8.78 Å². The maximum Gasteiger partial charge on any atom is 0.254 e. The number of halogens is 2. The van der Waals surface area contributed by atoms with E-state index in [-0.39, 0.29) is 11.8 Å². The molecule has 3 saturated carbocycles. The van der Waals surface area contributed by atoms with E-state index < -0.39 is 23.5 Å². The van der Waals surface area contributed by atoms with Crippen molar-refractivity contribution in [2.45, 2.75) is 31.0 Å². The molecule has 1 heterocycles. The first-order chi connectivity index (χ1) is 7.16. The summed E-state index contributed by atoms with van der Waals surface area (Å²) >= 11 is 0. The fourth-order valence-electron chi connectivity index (χ4n) is 4.46. The van der Waals surface area contributed by atoms with Crippen LogP contribution in [0.15, 0.2) is 0 Å². The smallest absolute Gasteiger partial charge is 0.254 e. The minimum atomic E-state index is -2.45. The molecule has 1 aliphatic heterocycles. The predicted octanol–water partition coefficient (Wildman–Crippen LogP) is 2.04. The molecule has 0 aromatic heterocycles. The summed E-state index contributed by atoms with van der Waals surface area (Å²) < 4.78 is 39.0. The van der Waals surface area contributed by atoms with E-state index >= 15 is 0 Å². The summed E-state index contributed by atoms with van der Waals surface area (Å²) in [5.74, 6) is -3.98. The van der Waals surface area contributed by atoms with Crippen molar-refractivity contribution in [1.29, 1.82) is 0 Å². The Hall–Kier alpha value is -0.220. The van der Waals surface area contributed by atoms with Gasteiger partial charge in [-0.05, 0) is 19.3 Å². The van der Waals surface area contributed by atoms with E-state index in [1.165, 1.54) is 0 Å². The fourth-order valence-corrected chi connectivity index (χ4v) is 4.46. The van der Waals surface area contributed by atoms with Crippen LogP contribution in [0.3, 0.4) is 0 Å². The van der Waals surface area contributed by atoms with Crippen molar-refractivity contribution in [2.75, 3.05) is 13.2 Å². The molecule has 2 bridgehead atoms. The van der Waals surface area contributed by atoms with Gasteiger partial charge in [0.25, 0.3) is 5.92 Å². The zero-order valence-electron chi connectivity index (χ0n) is 8.42. The zero-order chi connectivity index (χ0) is 10.3. The molecule has 1 spiro atoms. The van der Waals surface area contributed by atoms with Gasteiger partial charge in [-0.25, -0.2) is 8.78 Å². The second kappa shape index (κ2) is 2.38. The van der Waals surface area contributed by atoms with Crippen LogP contribution in [0.1, 0.15) is 19.3 Å². The Balaban J connectivity index is 1.76. The quantitative estimate of drug-likeness (QED) is 0.617. The zero-order valence-corrected chi connectivity index (χ0v) is 8.42. The van der Waals surface area contributed by atoms with Gasteiger partial charge in [0.15, 0.2) is 5.79 Å². The molecule has 0 aromatic carbocycles. The van der Waals surface area contributed by atoms with Crippen molar-refractivity contribution in [3.8, 4) is 0 Å². The molecule has 0 amide bonds. The van der Waals surface area contributed by atoms with Crippen molar-refractivity contribution in [3.05, 3.63) is 0 Å². The summed E-state index contributed by atoms with van der Waals surface area (Å²) in [6.45, 7) is 1.16. The first-order valence-corrected chi connectivity index (χ1v) is 5.82. The maximum absolute atomic E-state index is 13.9. The van der Waals surface area contributed by atoms with Crippen molar-refractivity contribution >= 4 is 0 Å². The monoisotopic (exact) mass is 216 g/mol. The Kier molecular flexibility index (Phi) is 1.41. The molecular formula is C11H14F2O2. The molecule has 4 aliphatic rings. The van der Waals surface area contributed by atoms with Crippen LogP contribution in [-0.4, -0.2) is 24.9 Å². The van der Waals surface area contributed by atoms with Gasteiger partial charge >= 0.3 is 0 Å². The van der Waals surface area contributed by atoms with Crippen LogP contribution in [0, 0.1) is 23.7 Å². The average molecular weight is 216 g/mol. The third-order valence-corrected chi connectivity index (χ3v) is 4.99. The van der Waals surface area contributed by atoms with E-state index in [1.807, 2.05) is 0 Å². The van der Waals surface area contributed by atoms with Crippen molar-refractivity contribution in [3.63, 3.8) is 0 Å². The SMILES string of the molecule is FC1(F)[C@@H]2CC[C@H]3[C@@H]1[C@@H](C2)C31OCCO1. The normalized spacial score (nSPS) is 53.2. The molecule has 4 atom stereocenters. The van der Waals surface area contributed by atoms with Gasteiger partial charge in [-0.15, -0.1) is 0 Å². The van der Waals surface area contributed by atoms with E-state index in [2.05, 4.69) is 0 Å². The lowest BCUT2D eigenvalue weighted by molar-refractivity contribution is -0.343. The van der Waals surface area contributed by atoms with Crippen LogP contribution in [0.5, 0.6) is 0 Å². The Bertz CT molecular complexity index is 304. The summed E-state index contributed by atoms with van der Waals surface area (Å²) in [6, 6.07) is 0. The lowest BCUT2D eigenvalue weighted by Crippen LogP contribution is -2.65. The second-order valence-electron chi connectivity index (χ2n) is 5.34. The highest BCUT2D eigenvalue weighted by Gasteiger charge is 2.79. The third-order valence-electron chi connectivity index (χ3n) is 4.99. The Labute approximate surface area is 86.9 Å². The molecule has 0 aromatic rings. The van der Waals surface area contributed by atoms with Crippen molar-refractivity contribution in [2.24, 2.45) is 23.7 Å². The molecular weight excluding hydrogens is 202 g/mol. The highest BCUT2D eigenvalue weighted by Crippen LogP contribution is 2.72. The predicted molar refractivity (Wildman–Crippen MR) is 47.4 cm³/mol. The van der Waals surface area contributed by atoms with Gasteiger partial charge in [0.2, 0.25) is 0 Å². The van der Waals surface area contributed by atoms with E-state index in [1.54, 1.807) is 0 Å². The molecule has 0 unspecified atom stereocenters. The molecule has 0 N–H and O–H groups in total. The standard InChI is InChI=1S/C11H14F2O2/c12-10(13)6-1-2-7-9(10)8(5-6)11(7)14-3-4-15-11/h6-9H,1-5H2/t6-,7+,8-,9-/m1/s1. The molecule has 3 aliphatic carbocycles. The summed E-state index contributed by atoms with van der Waals surface area (Å²) in [5.41, 5.74) is 0. The first-order valence-electron chi connectivity index (χ1n) is 5.82. The number of fused-ring (bicyclic) bond motifs is 3. The topological polar surface area (TPSA) is 18.5 Å². The van der Waals surface area contributed by atoms with E-state index in [0.717, 1.165) is 6.42 Å². The number of ether oxygens (including phenoxy) is 2. The lowest BCUT2D eigenvalue weighted by Gasteiger charge is -2.57. The average Bonchev–Trinajstić information content (AvgIpc) is 2.62. The summed E-state index contributed by atoms with van der Waals surface area (Å²) in [7, 11) is 0. The Morgan fingerprint density at radius 2 is 1.73 bits per heavy atom. The maximum atomic E-state index is 13.9. The number of hydrogen-bond acceptors (Lipinski definition) is 2. The van der Waals surface area contributed by atoms with Crippen LogP contribution in [0.2, 0.25) is 0 Å². The van der Waals surface area contributed by atoms with E-state index in [0.29, 0.717) is 26.1 Å². The molecule has 84 valence electrons. The second-order valence-corrected chi connectivity index (χ2v) is 5.34. The minimum Gasteiger partial charge on any atom is -0.347 e. The van der Waals surface area contributed by atoms with E-state index in [4.69, 9.17) is 9.47 Å². The fraction of sp³-hybridized carbons (Fsp3) is 1.00. The van der Waals surface area contributed by atoms with Gasteiger partial charge in [-0.2, -0.15) is 0 Å². The van der Waals surface area contributed by atoms with Crippen LogP contribution in [0.25, 0.3) is 0 Å². The molecule has 0 radical (unpaired) electrons. The van der Waals surface area contributed by atoms with Gasteiger partial charge in [0.1, 0.15) is 0 Å². The molecule has 2 nitrogen and oxygen atoms in total. The summed E-state index contributed by atoms with van der Waals surface area (Å²) in [4.78, 5) is 0.